The first kappa shape index (κ1) is 18.1. The molecule has 2 rings (SSSR count). The predicted octanol–water partition coefficient (Wildman–Crippen LogP) is 3.96. The van der Waals surface area contributed by atoms with Crippen LogP contribution in [0.4, 0.5) is 32.5 Å². The van der Waals surface area contributed by atoms with Crippen LogP contribution >= 0.6 is 0 Å². The average Bonchev–Trinajstić information content (AvgIpc) is 2.58. The summed E-state index contributed by atoms with van der Waals surface area (Å²) in [5, 5.41) is 8.27. The Morgan fingerprint density at radius 2 is 1.60 bits per heavy atom. The summed E-state index contributed by atoms with van der Waals surface area (Å²) in [5.74, 6) is 0.275. The second-order valence-corrected chi connectivity index (χ2v) is 4.80. The van der Waals surface area contributed by atoms with Crippen LogP contribution in [0.5, 0.6) is 0 Å². The molecular formula is C17H20N4O4. The first-order valence-corrected chi connectivity index (χ1v) is 7.82. The highest BCUT2D eigenvalue weighted by atomic mass is 16.6. The maximum absolute atomic E-state index is 11.7. The van der Waals surface area contributed by atoms with Crippen molar-refractivity contribution in [3.05, 3.63) is 42.6 Å². The number of para-hydroxylation sites is 1. The van der Waals surface area contributed by atoms with Gasteiger partial charge in [-0.3, -0.25) is 10.6 Å². The number of carbonyl (C=O) groups is 2. The third-order valence-electron chi connectivity index (χ3n) is 2.96. The van der Waals surface area contributed by atoms with Crippen LogP contribution in [0.3, 0.4) is 0 Å². The molecule has 0 bridgehead atoms. The lowest BCUT2D eigenvalue weighted by atomic mass is 10.3. The number of pyridine rings is 1. The standard InChI is InChI=1S/C17H20N4O4/c1-3-24-16(22)20-13-10-14(19-12-8-6-5-7-9-12)15(18-11-13)21-17(23)25-4-2/h5-11,19H,3-4H2,1-2H3,(H,20,22)(H,18,21,23). The smallest absolute Gasteiger partial charge is 0.412 e. The monoisotopic (exact) mass is 344 g/mol. The minimum Gasteiger partial charge on any atom is -0.450 e. The second kappa shape index (κ2) is 9.11. The van der Waals surface area contributed by atoms with E-state index >= 15 is 0 Å². The second-order valence-electron chi connectivity index (χ2n) is 4.80. The van der Waals surface area contributed by atoms with E-state index < -0.39 is 12.2 Å². The van der Waals surface area contributed by atoms with Crippen LogP contribution in [0.2, 0.25) is 0 Å². The molecule has 0 saturated carbocycles. The third-order valence-corrected chi connectivity index (χ3v) is 2.96. The van der Waals surface area contributed by atoms with Crippen molar-refractivity contribution < 1.29 is 19.1 Å². The Hall–Kier alpha value is -3.29. The fraction of sp³-hybridized carbons (Fsp3) is 0.235. The van der Waals surface area contributed by atoms with Gasteiger partial charge in [0.05, 0.1) is 30.8 Å². The van der Waals surface area contributed by atoms with Gasteiger partial charge in [-0.05, 0) is 32.0 Å². The van der Waals surface area contributed by atoms with Gasteiger partial charge in [-0.1, -0.05) is 18.2 Å². The molecule has 0 unspecified atom stereocenters. The number of amides is 2. The van der Waals surface area contributed by atoms with Gasteiger partial charge in [-0.25, -0.2) is 14.6 Å². The molecule has 0 spiro atoms. The van der Waals surface area contributed by atoms with Crippen molar-refractivity contribution in [2.75, 3.05) is 29.2 Å². The van der Waals surface area contributed by atoms with Crippen LogP contribution in [0.1, 0.15) is 13.8 Å². The number of hydrogen-bond donors (Lipinski definition) is 3. The van der Waals surface area contributed by atoms with Crippen LogP contribution < -0.4 is 16.0 Å². The van der Waals surface area contributed by atoms with Crippen LogP contribution in [0.25, 0.3) is 0 Å². The van der Waals surface area contributed by atoms with E-state index in [1.807, 2.05) is 30.3 Å². The number of hydrogen-bond acceptors (Lipinski definition) is 6. The van der Waals surface area contributed by atoms with E-state index in [1.54, 1.807) is 19.9 Å². The van der Waals surface area contributed by atoms with Crippen molar-refractivity contribution in [1.82, 2.24) is 4.98 Å². The summed E-state index contributed by atoms with van der Waals surface area (Å²) in [6.07, 6.45) is 0.215. The Labute approximate surface area is 145 Å². The summed E-state index contributed by atoms with van der Waals surface area (Å²) in [4.78, 5) is 27.4. The van der Waals surface area contributed by atoms with Gasteiger partial charge in [0.2, 0.25) is 0 Å². The van der Waals surface area contributed by atoms with Crippen molar-refractivity contribution in [3.8, 4) is 0 Å². The van der Waals surface area contributed by atoms with E-state index in [0.29, 0.717) is 11.4 Å². The van der Waals surface area contributed by atoms with Gasteiger partial charge in [0.15, 0.2) is 5.82 Å². The first-order chi connectivity index (χ1) is 12.1. The molecule has 0 saturated heterocycles. The molecule has 0 atom stereocenters. The Morgan fingerprint density at radius 1 is 0.960 bits per heavy atom. The van der Waals surface area contributed by atoms with Gasteiger partial charge in [-0.15, -0.1) is 0 Å². The first-order valence-electron chi connectivity index (χ1n) is 7.82. The molecule has 1 aromatic heterocycles. The van der Waals surface area contributed by atoms with E-state index in [9.17, 15) is 9.59 Å². The van der Waals surface area contributed by atoms with Gasteiger partial charge >= 0.3 is 12.2 Å². The number of carbonyl (C=O) groups excluding carboxylic acids is 2. The molecule has 0 aliphatic carbocycles. The molecule has 8 nitrogen and oxygen atoms in total. The van der Waals surface area contributed by atoms with Crippen molar-refractivity contribution >= 4 is 35.1 Å². The van der Waals surface area contributed by atoms with E-state index in [2.05, 4.69) is 20.9 Å². The van der Waals surface area contributed by atoms with Crippen molar-refractivity contribution in [3.63, 3.8) is 0 Å². The van der Waals surface area contributed by atoms with Crippen LogP contribution in [0.15, 0.2) is 42.6 Å². The topological polar surface area (TPSA) is 102 Å². The molecule has 0 aliphatic rings. The lowest BCUT2D eigenvalue weighted by molar-refractivity contribution is 0.167. The highest BCUT2D eigenvalue weighted by molar-refractivity contribution is 5.91. The SMILES string of the molecule is CCOC(=O)Nc1cnc(NC(=O)OCC)c(Nc2ccccc2)c1. The maximum atomic E-state index is 11.7. The Morgan fingerprint density at radius 3 is 2.24 bits per heavy atom. The van der Waals surface area contributed by atoms with Gasteiger partial charge < -0.3 is 14.8 Å². The largest absolute Gasteiger partial charge is 0.450 e. The van der Waals surface area contributed by atoms with Crippen molar-refractivity contribution in [1.29, 1.82) is 0 Å². The summed E-state index contributed by atoms with van der Waals surface area (Å²) in [7, 11) is 0. The zero-order chi connectivity index (χ0) is 18.1. The number of anilines is 4. The number of nitrogens with one attached hydrogen (secondary N) is 3. The normalized spacial score (nSPS) is 9.84. The van der Waals surface area contributed by atoms with Gasteiger partial charge in [0.25, 0.3) is 0 Å². The number of benzene rings is 1. The Balaban J connectivity index is 2.24. The van der Waals surface area contributed by atoms with E-state index in [0.717, 1.165) is 5.69 Å². The van der Waals surface area contributed by atoms with Crippen molar-refractivity contribution in [2.24, 2.45) is 0 Å². The molecule has 0 radical (unpaired) electrons. The molecule has 3 N–H and O–H groups in total. The summed E-state index contributed by atoms with van der Waals surface area (Å²) in [5.41, 5.74) is 1.71. The van der Waals surface area contributed by atoms with Crippen LogP contribution in [-0.4, -0.2) is 30.4 Å². The molecule has 0 fully saturated rings. The Kier molecular flexibility index (Phi) is 6.58. The van der Waals surface area contributed by atoms with Gasteiger partial charge in [-0.2, -0.15) is 0 Å². The number of rotatable bonds is 6. The van der Waals surface area contributed by atoms with Crippen molar-refractivity contribution in [2.45, 2.75) is 13.8 Å². The Bertz CT molecular complexity index is 722. The molecular weight excluding hydrogens is 324 g/mol. The predicted molar refractivity (Wildman–Crippen MR) is 95.3 cm³/mol. The highest BCUT2D eigenvalue weighted by Gasteiger charge is 2.12. The molecule has 1 heterocycles. The summed E-state index contributed by atoms with van der Waals surface area (Å²) in [6.45, 7) is 3.93. The minimum atomic E-state index is -0.614. The van der Waals surface area contributed by atoms with E-state index in [4.69, 9.17) is 9.47 Å². The molecule has 8 heteroatoms. The lowest BCUT2D eigenvalue weighted by Gasteiger charge is -2.14. The molecule has 0 aliphatic heterocycles. The van der Waals surface area contributed by atoms with Gasteiger partial charge in [0.1, 0.15) is 0 Å². The number of aromatic nitrogens is 1. The van der Waals surface area contributed by atoms with Crippen LogP contribution in [0, 0.1) is 0 Å². The molecule has 25 heavy (non-hydrogen) atoms. The zero-order valence-electron chi connectivity index (χ0n) is 14.0. The van der Waals surface area contributed by atoms with E-state index in [-0.39, 0.29) is 19.0 Å². The fourth-order valence-electron chi connectivity index (χ4n) is 1.95. The molecule has 132 valence electrons. The summed E-state index contributed by atoms with van der Waals surface area (Å²) < 4.78 is 9.71. The fourth-order valence-corrected chi connectivity index (χ4v) is 1.95. The minimum absolute atomic E-state index is 0.246. The quantitative estimate of drug-likeness (QED) is 0.733. The lowest BCUT2D eigenvalue weighted by Crippen LogP contribution is -2.17. The number of ether oxygens (including phenoxy) is 2. The molecule has 1 aromatic carbocycles. The van der Waals surface area contributed by atoms with E-state index in [1.165, 1.54) is 6.20 Å². The zero-order valence-corrected chi connectivity index (χ0v) is 14.0. The molecule has 2 amide bonds. The van der Waals surface area contributed by atoms with Gasteiger partial charge in [0, 0.05) is 5.69 Å². The van der Waals surface area contributed by atoms with Crippen LogP contribution in [-0.2, 0) is 9.47 Å². The maximum Gasteiger partial charge on any atom is 0.412 e. The average molecular weight is 344 g/mol. The summed E-state index contributed by atoms with van der Waals surface area (Å²) >= 11 is 0. The highest BCUT2D eigenvalue weighted by Crippen LogP contribution is 2.27. The third kappa shape index (κ3) is 5.69. The summed E-state index contributed by atoms with van der Waals surface area (Å²) in [6, 6.07) is 11.0. The number of nitrogens with zero attached hydrogens (tertiary/aromatic N) is 1. The molecule has 2 aromatic rings.